The van der Waals surface area contributed by atoms with E-state index in [1.54, 1.807) is 12.1 Å². The standard InChI is InChI=1S/C19H26N2O4/c1-19(2,3)11-20-16(22)13-6-8-14(9-7-13)17(23)21-15(18(24)25)10-12-4-5-12/h6-9,12,15H,4-5,10-11H2,1-3H3,(H,20,22)(H,21,23)(H,24,25). The molecular weight excluding hydrogens is 320 g/mol. The summed E-state index contributed by atoms with van der Waals surface area (Å²) in [7, 11) is 0. The number of amides is 2. The topological polar surface area (TPSA) is 95.5 Å². The first-order valence-corrected chi connectivity index (χ1v) is 8.57. The van der Waals surface area contributed by atoms with Gasteiger partial charge in [-0.2, -0.15) is 0 Å². The van der Waals surface area contributed by atoms with Crippen LogP contribution in [0.4, 0.5) is 0 Å². The van der Waals surface area contributed by atoms with Crippen LogP contribution >= 0.6 is 0 Å². The Bertz CT molecular complexity index is 642. The summed E-state index contributed by atoms with van der Waals surface area (Å²) in [6, 6.07) is 5.36. The number of benzene rings is 1. The van der Waals surface area contributed by atoms with Crippen molar-refractivity contribution in [1.29, 1.82) is 0 Å². The first-order chi connectivity index (χ1) is 11.7. The maximum atomic E-state index is 12.2. The van der Waals surface area contributed by atoms with Crippen LogP contribution in [-0.2, 0) is 4.79 Å². The molecule has 6 nitrogen and oxygen atoms in total. The monoisotopic (exact) mass is 346 g/mol. The first-order valence-electron chi connectivity index (χ1n) is 8.57. The third kappa shape index (κ3) is 6.21. The highest BCUT2D eigenvalue weighted by Gasteiger charge is 2.30. The fourth-order valence-corrected chi connectivity index (χ4v) is 2.37. The predicted octanol–water partition coefficient (Wildman–Crippen LogP) is 2.45. The van der Waals surface area contributed by atoms with Gasteiger partial charge in [-0.1, -0.05) is 33.6 Å². The number of nitrogens with one attached hydrogen (secondary N) is 2. The van der Waals surface area contributed by atoms with Crippen LogP contribution in [0, 0.1) is 11.3 Å². The lowest BCUT2D eigenvalue weighted by atomic mass is 9.97. The molecule has 136 valence electrons. The molecule has 0 bridgehead atoms. The summed E-state index contributed by atoms with van der Waals surface area (Å²) in [5, 5.41) is 14.6. The number of aliphatic carboxylic acids is 1. The Kier molecular flexibility index (Phi) is 5.82. The lowest BCUT2D eigenvalue weighted by Gasteiger charge is -2.18. The summed E-state index contributed by atoms with van der Waals surface area (Å²) in [5.74, 6) is -1.25. The van der Waals surface area contributed by atoms with Gasteiger partial charge >= 0.3 is 5.97 Å². The van der Waals surface area contributed by atoms with Crippen molar-refractivity contribution in [1.82, 2.24) is 10.6 Å². The van der Waals surface area contributed by atoms with Gasteiger partial charge in [0.1, 0.15) is 6.04 Å². The third-order valence-corrected chi connectivity index (χ3v) is 4.06. The molecule has 25 heavy (non-hydrogen) atoms. The molecule has 1 aromatic rings. The zero-order valence-corrected chi connectivity index (χ0v) is 15.0. The van der Waals surface area contributed by atoms with E-state index < -0.39 is 17.9 Å². The number of carbonyl (C=O) groups excluding carboxylic acids is 2. The molecular formula is C19H26N2O4. The molecule has 1 saturated carbocycles. The SMILES string of the molecule is CC(C)(C)CNC(=O)c1ccc(C(=O)NC(CC2CC2)C(=O)O)cc1. The number of carboxylic acids is 1. The second kappa shape index (κ2) is 7.68. The highest BCUT2D eigenvalue weighted by atomic mass is 16.4. The number of carboxylic acid groups (broad SMARTS) is 1. The van der Waals surface area contributed by atoms with Crippen LogP contribution in [-0.4, -0.2) is 35.5 Å². The van der Waals surface area contributed by atoms with Gasteiger partial charge in [0.15, 0.2) is 0 Å². The van der Waals surface area contributed by atoms with Crippen LogP contribution in [0.5, 0.6) is 0 Å². The van der Waals surface area contributed by atoms with Gasteiger partial charge in [-0.3, -0.25) is 9.59 Å². The Labute approximate surface area is 148 Å². The van der Waals surface area contributed by atoms with E-state index in [0.29, 0.717) is 30.0 Å². The quantitative estimate of drug-likeness (QED) is 0.706. The van der Waals surface area contributed by atoms with Crippen molar-refractivity contribution in [2.45, 2.75) is 46.1 Å². The van der Waals surface area contributed by atoms with E-state index in [-0.39, 0.29) is 11.3 Å². The molecule has 1 aromatic carbocycles. The highest BCUT2D eigenvalue weighted by molar-refractivity contribution is 5.99. The van der Waals surface area contributed by atoms with Crippen LogP contribution in [0.25, 0.3) is 0 Å². The molecule has 0 aromatic heterocycles. The highest BCUT2D eigenvalue weighted by Crippen LogP contribution is 2.33. The van der Waals surface area contributed by atoms with Gasteiger partial charge in [0.2, 0.25) is 0 Å². The summed E-state index contributed by atoms with van der Waals surface area (Å²) in [5.41, 5.74) is 0.797. The smallest absolute Gasteiger partial charge is 0.326 e. The normalized spacial score (nSPS) is 15.3. The summed E-state index contributed by atoms with van der Waals surface area (Å²) in [6.07, 6.45) is 2.52. The molecule has 0 radical (unpaired) electrons. The zero-order valence-electron chi connectivity index (χ0n) is 15.0. The maximum absolute atomic E-state index is 12.2. The van der Waals surface area contributed by atoms with Gasteiger partial charge in [-0.05, 0) is 42.0 Å². The summed E-state index contributed by atoms with van der Waals surface area (Å²) < 4.78 is 0. The van der Waals surface area contributed by atoms with Crippen LogP contribution in [0.2, 0.25) is 0 Å². The van der Waals surface area contributed by atoms with Crippen LogP contribution < -0.4 is 10.6 Å². The molecule has 1 fully saturated rings. The van der Waals surface area contributed by atoms with Crippen molar-refractivity contribution < 1.29 is 19.5 Å². The zero-order chi connectivity index (χ0) is 18.6. The van der Waals surface area contributed by atoms with E-state index in [4.69, 9.17) is 0 Å². The van der Waals surface area contributed by atoms with Crippen LogP contribution in [0.15, 0.2) is 24.3 Å². The Morgan fingerprint density at radius 3 is 2.04 bits per heavy atom. The second-order valence-corrected chi connectivity index (χ2v) is 7.86. The molecule has 1 unspecified atom stereocenters. The fraction of sp³-hybridized carbons (Fsp3) is 0.526. The minimum Gasteiger partial charge on any atom is -0.480 e. The summed E-state index contributed by atoms with van der Waals surface area (Å²) in [6.45, 7) is 6.64. The summed E-state index contributed by atoms with van der Waals surface area (Å²) in [4.78, 5) is 35.6. The van der Waals surface area contributed by atoms with Gasteiger partial charge < -0.3 is 15.7 Å². The maximum Gasteiger partial charge on any atom is 0.326 e. The Morgan fingerprint density at radius 1 is 1.08 bits per heavy atom. The van der Waals surface area contributed by atoms with Crippen LogP contribution in [0.3, 0.4) is 0 Å². The van der Waals surface area contributed by atoms with Gasteiger partial charge in [0.05, 0.1) is 0 Å². The van der Waals surface area contributed by atoms with Gasteiger partial charge in [0, 0.05) is 17.7 Å². The molecule has 0 saturated heterocycles. The van der Waals surface area contributed by atoms with Gasteiger partial charge in [-0.15, -0.1) is 0 Å². The Balaban J connectivity index is 1.94. The molecule has 1 atom stereocenters. The van der Waals surface area contributed by atoms with Crippen molar-refractivity contribution >= 4 is 17.8 Å². The number of carbonyl (C=O) groups is 3. The van der Waals surface area contributed by atoms with E-state index >= 15 is 0 Å². The van der Waals surface area contributed by atoms with E-state index in [1.807, 2.05) is 20.8 Å². The van der Waals surface area contributed by atoms with Crippen molar-refractivity contribution in [3.05, 3.63) is 35.4 Å². The molecule has 0 heterocycles. The predicted molar refractivity (Wildman–Crippen MR) is 94.5 cm³/mol. The average Bonchev–Trinajstić information content (AvgIpc) is 3.35. The molecule has 6 heteroatoms. The van der Waals surface area contributed by atoms with E-state index in [1.165, 1.54) is 12.1 Å². The molecule has 2 rings (SSSR count). The third-order valence-electron chi connectivity index (χ3n) is 4.06. The largest absolute Gasteiger partial charge is 0.480 e. The van der Waals surface area contributed by atoms with Crippen molar-refractivity contribution in [2.24, 2.45) is 11.3 Å². The first kappa shape index (κ1) is 19.0. The lowest BCUT2D eigenvalue weighted by molar-refractivity contribution is -0.139. The van der Waals surface area contributed by atoms with Crippen molar-refractivity contribution in [3.63, 3.8) is 0 Å². The second-order valence-electron chi connectivity index (χ2n) is 7.86. The summed E-state index contributed by atoms with van der Waals surface area (Å²) >= 11 is 0. The van der Waals surface area contributed by atoms with Crippen molar-refractivity contribution in [3.8, 4) is 0 Å². The van der Waals surface area contributed by atoms with Gasteiger partial charge in [0.25, 0.3) is 11.8 Å². The van der Waals surface area contributed by atoms with Crippen molar-refractivity contribution in [2.75, 3.05) is 6.54 Å². The number of hydrogen-bond acceptors (Lipinski definition) is 3. The molecule has 1 aliphatic carbocycles. The Morgan fingerprint density at radius 2 is 1.60 bits per heavy atom. The number of rotatable bonds is 7. The van der Waals surface area contributed by atoms with E-state index in [0.717, 1.165) is 12.8 Å². The number of hydrogen-bond donors (Lipinski definition) is 3. The minimum absolute atomic E-state index is 0.0110. The molecule has 0 aliphatic heterocycles. The average molecular weight is 346 g/mol. The molecule has 0 spiro atoms. The fourth-order valence-electron chi connectivity index (χ4n) is 2.37. The molecule has 3 N–H and O–H groups in total. The van der Waals surface area contributed by atoms with E-state index in [9.17, 15) is 19.5 Å². The van der Waals surface area contributed by atoms with E-state index in [2.05, 4.69) is 10.6 Å². The van der Waals surface area contributed by atoms with Crippen LogP contribution in [0.1, 0.15) is 60.7 Å². The Hall–Kier alpha value is -2.37. The lowest BCUT2D eigenvalue weighted by Crippen LogP contribution is -2.41. The molecule has 2 amide bonds. The van der Waals surface area contributed by atoms with Gasteiger partial charge in [-0.25, -0.2) is 4.79 Å². The minimum atomic E-state index is -1.02. The molecule has 1 aliphatic rings.